The second-order valence-electron chi connectivity index (χ2n) is 5.42. The Bertz CT molecular complexity index is 390. The molecule has 0 spiro atoms. The maximum Gasteiger partial charge on any atom is 0.165 e. The number of fused-ring (bicyclic) bond motifs is 1. The van der Waals surface area contributed by atoms with Crippen LogP contribution >= 0.6 is 0 Å². The lowest BCUT2D eigenvalue weighted by molar-refractivity contribution is 0.112. The highest BCUT2D eigenvalue weighted by molar-refractivity contribution is 4.94. The molecule has 3 heterocycles. The van der Waals surface area contributed by atoms with Gasteiger partial charge in [-0.15, -0.1) is 5.10 Å². The first-order chi connectivity index (χ1) is 8.88. The Morgan fingerprint density at radius 2 is 2.33 bits per heavy atom. The molecule has 18 heavy (non-hydrogen) atoms. The van der Waals surface area contributed by atoms with Crippen LogP contribution in [0.4, 0.5) is 0 Å². The zero-order valence-corrected chi connectivity index (χ0v) is 11.0. The second kappa shape index (κ2) is 5.32. The van der Waals surface area contributed by atoms with Crippen LogP contribution in [0.1, 0.15) is 32.0 Å². The second-order valence-corrected chi connectivity index (χ2v) is 5.42. The van der Waals surface area contributed by atoms with Crippen LogP contribution in [0, 0.1) is 5.92 Å². The van der Waals surface area contributed by atoms with Crippen molar-refractivity contribution in [1.82, 2.24) is 30.4 Å². The summed E-state index contributed by atoms with van der Waals surface area (Å²) >= 11 is 0. The lowest BCUT2D eigenvalue weighted by Crippen LogP contribution is -2.44. The van der Waals surface area contributed by atoms with Crippen LogP contribution in [0.5, 0.6) is 0 Å². The Balaban J connectivity index is 1.69. The van der Waals surface area contributed by atoms with Crippen LogP contribution < -0.4 is 5.32 Å². The van der Waals surface area contributed by atoms with Crippen LogP contribution in [-0.2, 0) is 13.1 Å². The van der Waals surface area contributed by atoms with Gasteiger partial charge in [-0.2, -0.15) is 0 Å². The third-order valence-corrected chi connectivity index (χ3v) is 4.18. The van der Waals surface area contributed by atoms with Crippen molar-refractivity contribution in [2.75, 3.05) is 19.6 Å². The van der Waals surface area contributed by atoms with E-state index in [1.165, 1.54) is 25.9 Å². The first kappa shape index (κ1) is 12.0. The maximum atomic E-state index is 4.18. The maximum absolute atomic E-state index is 4.18. The van der Waals surface area contributed by atoms with Crippen molar-refractivity contribution in [3.63, 3.8) is 0 Å². The van der Waals surface area contributed by atoms with Crippen molar-refractivity contribution in [3.8, 4) is 0 Å². The van der Waals surface area contributed by atoms with Crippen LogP contribution in [0.25, 0.3) is 0 Å². The molecular formula is C12H22N6. The topological polar surface area (TPSA) is 58.9 Å². The molecule has 0 bridgehead atoms. The summed E-state index contributed by atoms with van der Waals surface area (Å²) in [6, 6.07) is 0.686. The molecular weight excluding hydrogens is 228 g/mol. The predicted molar refractivity (Wildman–Crippen MR) is 67.9 cm³/mol. The van der Waals surface area contributed by atoms with Gasteiger partial charge in [0.05, 0.1) is 6.54 Å². The van der Waals surface area contributed by atoms with Crippen LogP contribution in [0.3, 0.4) is 0 Å². The van der Waals surface area contributed by atoms with E-state index in [1.807, 2.05) is 4.68 Å². The number of rotatable bonds is 4. The monoisotopic (exact) mass is 250 g/mol. The summed E-state index contributed by atoms with van der Waals surface area (Å²) < 4.78 is 1.95. The molecule has 1 aromatic rings. The van der Waals surface area contributed by atoms with E-state index in [1.54, 1.807) is 0 Å². The molecule has 2 fully saturated rings. The number of aromatic nitrogens is 4. The number of tetrazole rings is 1. The summed E-state index contributed by atoms with van der Waals surface area (Å²) in [5, 5.41) is 15.6. The highest BCUT2D eigenvalue weighted by Gasteiger charge is 2.35. The molecule has 1 N–H and O–H groups in total. The lowest BCUT2D eigenvalue weighted by Gasteiger charge is -2.36. The normalized spacial score (nSPS) is 28.5. The molecule has 2 atom stereocenters. The molecule has 6 nitrogen and oxygen atoms in total. The Kier molecular flexibility index (Phi) is 3.56. The van der Waals surface area contributed by atoms with Gasteiger partial charge in [-0.25, -0.2) is 4.68 Å². The molecule has 0 saturated carbocycles. The summed E-state index contributed by atoms with van der Waals surface area (Å²) in [6.07, 6.45) is 3.75. The molecule has 2 aliphatic heterocycles. The fourth-order valence-electron chi connectivity index (χ4n) is 3.26. The molecule has 2 saturated heterocycles. The third kappa shape index (κ3) is 2.27. The van der Waals surface area contributed by atoms with Gasteiger partial charge in [-0.1, -0.05) is 6.92 Å². The lowest BCUT2D eigenvalue weighted by atomic mass is 9.92. The van der Waals surface area contributed by atoms with Crippen LogP contribution in [0.15, 0.2) is 0 Å². The minimum atomic E-state index is 0.686. The van der Waals surface area contributed by atoms with Gasteiger partial charge in [0, 0.05) is 19.1 Å². The van der Waals surface area contributed by atoms with Crippen LogP contribution in [0.2, 0.25) is 0 Å². The van der Waals surface area contributed by atoms with Gasteiger partial charge in [-0.3, -0.25) is 4.90 Å². The quantitative estimate of drug-likeness (QED) is 0.831. The van der Waals surface area contributed by atoms with Crippen LogP contribution in [-0.4, -0.2) is 50.8 Å². The number of piperidine rings is 1. The standard InChI is InChI=1S/C12H22N6/c1-2-5-18-12(14-15-16-18)9-17-6-3-4-10-7-13-8-11(10)17/h10-11,13H,2-9H2,1H3. The van der Waals surface area contributed by atoms with Gasteiger partial charge in [0.1, 0.15) is 0 Å². The van der Waals surface area contributed by atoms with E-state index in [0.29, 0.717) is 6.04 Å². The van der Waals surface area contributed by atoms with Gasteiger partial charge in [0.2, 0.25) is 0 Å². The number of aryl methyl sites for hydroxylation is 1. The van der Waals surface area contributed by atoms with E-state index in [-0.39, 0.29) is 0 Å². The highest BCUT2D eigenvalue weighted by Crippen LogP contribution is 2.27. The SMILES string of the molecule is CCCn1nnnc1CN1CCCC2CNCC21. The largest absolute Gasteiger partial charge is 0.315 e. The molecule has 0 aromatic carbocycles. The molecule has 2 unspecified atom stereocenters. The van der Waals surface area contributed by atoms with Crippen molar-refractivity contribution in [2.24, 2.45) is 5.92 Å². The summed E-state index contributed by atoms with van der Waals surface area (Å²) in [4.78, 5) is 2.56. The number of likely N-dealkylation sites (tertiary alicyclic amines) is 1. The average molecular weight is 250 g/mol. The molecule has 2 aliphatic rings. The van der Waals surface area contributed by atoms with Crippen molar-refractivity contribution in [3.05, 3.63) is 5.82 Å². The van der Waals surface area contributed by atoms with Crippen molar-refractivity contribution < 1.29 is 0 Å². The van der Waals surface area contributed by atoms with Gasteiger partial charge in [-0.05, 0) is 48.7 Å². The molecule has 1 aromatic heterocycles. The predicted octanol–water partition coefficient (Wildman–Crippen LogP) is 0.267. The molecule has 0 aliphatic carbocycles. The number of hydrogen-bond acceptors (Lipinski definition) is 5. The Hall–Kier alpha value is -1.01. The number of hydrogen-bond donors (Lipinski definition) is 1. The van der Waals surface area contributed by atoms with Crippen molar-refractivity contribution >= 4 is 0 Å². The fraction of sp³-hybridized carbons (Fsp3) is 0.917. The zero-order chi connectivity index (χ0) is 12.4. The van der Waals surface area contributed by atoms with E-state index < -0.39 is 0 Å². The highest BCUT2D eigenvalue weighted by atomic mass is 15.5. The van der Waals surface area contributed by atoms with E-state index in [9.17, 15) is 0 Å². The summed E-state index contributed by atoms with van der Waals surface area (Å²) in [5.41, 5.74) is 0. The van der Waals surface area contributed by atoms with Crippen molar-refractivity contribution in [1.29, 1.82) is 0 Å². The van der Waals surface area contributed by atoms with E-state index >= 15 is 0 Å². The van der Waals surface area contributed by atoms with Crippen molar-refractivity contribution in [2.45, 2.75) is 45.3 Å². The number of nitrogens with one attached hydrogen (secondary N) is 1. The average Bonchev–Trinajstić information content (AvgIpc) is 3.00. The molecule has 100 valence electrons. The third-order valence-electron chi connectivity index (χ3n) is 4.18. The minimum Gasteiger partial charge on any atom is -0.315 e. The molecule has 6 heteroatoms. The first-order valence-corrected chi connectivity index (χ1v) is 7.08. The van der Waals surface area contributed by atoms with E-state index in [0.717, 1.165) is 37.8 Å². The van der Waals surface area contributed by atoms with E-state index in [4.69, 9.17) is 0 Å². The Morgan fingerprint density at radius 3 is 3.22 bits per heavy atom. The first-order valence-electron chi connectivity index (χ1n) is 7.08. The summed E-state index contributed by atoms with van der Waals surface area (Å²) in [7, 11) is 0. The van der Waals surface area contributed by atoms with Gasteiger partial charge in [0.15, 0.2) is 5.82 Å². The van der Waals surface area contributed by atoms with Gasteiger partial charge < -0.3 is 5.32 Å². The zero-order valence-electron chi connectivity index (χ0n) is 11.0. The van der Waals surface area contributed by atoms with E-state index in [2.05, 4.69) is 32.7 Å². The van der Waals surface area contributed by atoms with Gasteiger partial charge in [0.25, 0.3) is 0 Å². The minimum absolute atomic E-state index is 0.686. The molecule has 0 amide bonds. The smallest absolute Gasteiger partial charge is 0.165 e. The van der Waals surface area contributed by atoms with Gasteiger partial charge >= 0.3 is 0 Å². The molecule has 3 rings (SSSR count). The Labute approximate surface area is 108 Å². The molecule has 0 radical (unpaired) electrons. The number of nitrogens with zero attached hydrogens (tertiary/aromatic N) is 5. The summed E-state index contributed by atoms with van der Waals surface area (Å²) in [6.45, 7) is 7.46. The summed E-state index contributed by atoms with van der Waals surface area (Å²) in [5.74, 6) is 1.85. The fourth-order valence-corrected chi connectivity index (χ4v) is 3.26. The Morgan fingerprint density at radius 1 is 1.39 bits per heavy atom.